The number of fused-ring (bicyclic) bond motifs is 3. The molecule has 1 heterocycles. The molecule has 0 saturated heterocycles. The molecule has 0 radical (unpaired) electrons. The molecule has 0 fully saturated rings. The number of hydrogen-bond acceptors (Lipinski definition) is 3. The predicted molar refractivity (Wildman–Crippen MR) is 62.2 cm³/mol. The molecule has 0 amide bonds. The molecule has 1 aliphatic carbocycles. The maximum Gasteiger partial charge on any atom is 0.293 e. The highest BCUT2D eigenvalue weighted by atomic mass is 16.6. The summed E-state index contributed by atoms with van der Waals surface area (Å²) >= 11 is 0. The Hall–Kier alpha value is -2.17. The molecule has 1 N–H and O–H groups in total. The van der Waals surface area contributed by atoms with Crippen LogP contribution in [0.4, 0.5) is 5.69 Å². The van der Waals surface area contributed by atoms with Crippen LogP contribution >= 0.6 is 0 Å². The van der Waals surface area contributed by atoms with Gasteiger partial charge in [-0.25, -0.2) is 0 Å². The maximum atomic E-state index is 11.7. The molecule has 3 rings (SSSR count). The monoisotopic (exact) mass is 230 g/mol. The van der Waals surface area contributed by atoms with Crippen LogP contribution in [0.25, 0.3) is 10.9 Å². The number of nitro groups is 1. The number of ketones is 1. The summed E-state index contributed by atoms with van der Waals surface area (Å²) in [7, 11) is 0. The molecule has 5 heteroatoms. The van der Waals surface area contributed by atoms with Crippen LogP contribution in [0.15, 0.2) is 18.2 Å². The van der Waals surface area contributed by atoms with Crippen molar-refractivity contribution in [2.75, 3.05) is 0 Å². The quantitative estimate of drug-likeness (QED) is 0.604. The highest BCUT2D eigenvalue weighted by molar-refractivity contribution is 6.05. The van der Waals surface area contributed by atoms with Gasteiger partial charge in [-0.15, -0.1) is 0 Å². The molecule has 0 unspecified atom stereocenters. The third kappa shape index (κ3) is 1.35. The Morgan fingerprint density at radius 2 is 2.12 bits per heavy atom. The molecule has 1 aliphatic rings. The number of carbonyl (C=O) groups excluding carboxylic acids is 1. The number of Topliss-reactive ketones (excluding diaryl/α,β-unsaturated/α-hetero) is 1. The Balaban J connectivity index is 2.37. The van der Waals surface area contributed by atoms with E-state index in [0.29, 0.717) is 17.6 Å². The average Bonchev–Trinajstić information content (AvgIpc) is 2.69. The number of H-pyrrole nitrogens is 1. The standard InChI is InChI=1S/C12H10N2O3/c15-10-6-2-4-8-7-3-1-5-9(14(16)17)11(7)13-12(8)10/h1,3,5,13H,2,4,6H2. The minimum absolute atomic E-state index is 0.0321. The summed E-state index contributed by atoms with van der Waals surface area (Å²) < 4.78 is 0. The highest BCUT2D eigenvalue weighted by Crippen LogP contribution is 2.33. The number of aromatic nitrogens is 1. The zero-order valence-electron chi connectivity index (χ0n) is 9.03. The van der Waals surface area contributed by atoms with Crippen LogP contribution in [0.5, 0.6) is 0 Å². The van der Waals surface area contributed by atoms with Crippen LogP contribution in [-0.2, 0) is 6.42 Å². The van der Waals surface area contributed by atoms with E-state index in [9.17, 15) is 14.9 Å². The summed E-state index contributed by atoms with van der Waals surface area (Å²) in [6.45, 7) is 0. The van der Waals surface area contributed by atoms with E-state index in [-0.39, 0.29) is 11.5 Å². The summed E-state index contributed by atoms with van der Waals surface area (Å²) in [4.78, 5) is 25.1. The lowest BCUT2D eigenvalue weighted by Gasteiger charge is -2.09. The normalized spacial score (nSPS) is 14.9. The summed E-state index contributed by atoms with van der Waals surface area (Å²) in [6.07, 6.45) is 2.15. The second-order valence-electron chi connectivity index (χ2n) is 4.21. The molecule has 1 aromatic heterocycles. The first kappa shape index (κ1) is 10.0. The van der Waals surface area contributed by atoms with Crippen molar-refractivity contribution >= 4 is 22.4 Å². The van der Waals surface area contributed by atoms with E-state index >= 15 is 0 Å². The van der Waals surface area contributed by atoms with Gasteiger partial charge >= 0.3 is 0 Å². The fraction of sp³-hybridized carbons (Fsp3) is 0.250. The van der Waals surface area contributed by atoms with Crippen molar-refractivity contribution in [1.29, 1.82) is 0 Å². The molecule has 0 atom stereocenters. The molecule has 2 aromatic rings. The Kier molecular flexibility index (Phi) is 2.01. The zero-order chi connectivity index (χ0) is 12.0. The summed E-state index contributed by atoms with van der Waals surface area (Å²) in [5.41, 5.74) is 1.99. The van der Waals surface area contributed by atoms with Gasteiger partial charge in [-0.05, 0) is 18.4 Å². The number of nitro benzene ring substituents is 1. The van der Waals surface area contributed by atoms with Gasteiger partial charge in [0.15, 0.2) is 5.78 Å². The molecular weight excluding hydrogens is 220 g/mol. The number of aromatic amines is 1. The number of carbonyl (C=O) groups is 1. The maximum absolute atomic E-state index is 11.7. The number of non-ortho nitro benzene ring substituents is 1. The fourth-order valence-electron chi connectivity index (χ4n) is 2.46. The molecule has 5 nitrogen and oxygen atoms in total. The number of aryl methyl sites for hydroxylation is 1. The molecule has 1 aromatic carbocycles. The van der Waals surface area contributed by atoms with E-state index in [1.807, 2.05) is 6.07 Å². The van der Waals surface area contributed by atoms with E-state index in [2.05, 4.69) is 4.98 Å². The van der Waals surface area contributed by atoms with Gasteiger partial charge in [-0.3, -0.25) is 14.9 Å². The van der Waals surface area contributed by atoms with Gasteiger partial charge in [0.2, 0.25) is 0 Å². The van der Waals surface area contributed by atoms with Crippen molar-refractivity contribution in [1.82, 2.24) is 4.98 Å². The minimum atomic E-state index is -0.422. The topological polar surface area (TPSA) is 76.0 Å². The molecule has 0 bridgehead atoms. The number of nitrogens with one attached hydrogen (secondary N) is 1. The summed E-state index contributed by atoms with van der Waals surface area (Å²) in [5, 5.41) is 11.7. The van der Waals surface area contributed by atoms with Crippen molar-refractivity contribution in [2.24, 2.45) is 0 Å². The van der Waals surface area contributed by atoms with Gasteiger partial charge in [0.25, 0.3) is 5.69 Å². The van der Waals surface area contributed by atoms with Crippen molar-refractivity contribution in [3.8, 4) is 0 Å². The highest BCUT2D eigenvalue weighted by Gasteiger charge is 2.25. The van der Waals surface area contributed by atoms with Gasteiger partial charge in [0.05, 0.1) is 10.6 Å². The number of hydrogen-bond donors (Lipinski definition) is 1. The molecule has 17 heavy (non-hydrogen) atoms. The average molecular weight is 230 g/mol. The first-order valence-corrected chi connectivity index (χ1v) is 5.49. The second-order valence-corrected chi connectivity index (χ2v) is 4.21. The minimum Gasteiger partial charge on any atom is -0.346 e. The van der Waals surface area contributed by atoms with E-state index < -0.39 is 4.92 Å². The fourth-order valence-corrected chi connectivity index (χ4v) is 2.46. The van der Waals surface area contributed by atoms with E-state index in [4.69, 9.17) is 0 Å². The lowest BCUT2D eigenvalue weighted by molar-refractivity contribution is -0.383. The van der Waals surface area contributed by atoms with Gasteiger partial charge < -0.3 is 4.98 Å². The van der Waals surface area contributed by atoms with Crippen LogP contribution < -0.4 is 0 Å². The second kappa shape index (κ2) is 3.41. The summed E-state index contributed by atoms with van der Waals surface area (Å²) in [5.74, 6) is 0.0525. The Morgan fingerprint density at radius 1 is 1.29 bits per heavy atom. The van der Waals surface area contributed by atoms with Crippen LogP contribution in [0, 0.1) is 10.1 Å². The van der Waals surface area contributed by atoms with Crippen LogP contribution in [0.1, 0.15) is 28.9 Å². The third-order valence-electron chi connectivity index (χ3n) is 3.23. The number of rotatable bonds is 1. The first-order valence-electron chi connectivity index (χ1n) is 5.49. The van der Waals surface area contributed by atoms with Crippen molar-refractivity contribution < 1.29 is 9.72 Å². The van der Waals surface area contributed by atoms with Crippen molar-refractivity contribution in [3.63, 3.8) is 0 Å². The van der Waals surface area contributed by atoms with Crippen LogP contribution in [0.3, 0.4) is 0 Å². The summed E-state index contributed by atoms with van der Waals surface area (Å²) in [6, 6.07) is 4.94. The van der Waals surface area contributed by atoms with E-state index in [0.717, 1.165) is 23.8 Å². The smallest absolute Gasteiger partial charge is 0.293 e. The molecule has 86 valence electrons. The van der Waals surface area contributed by atoms with E-state index in [1.165, 1.54) is 6.07 Å². The SMILES string of the molecule is O=C1CCCc2c1[nH]c1c([N+](=O)[O-])cccc21. The van der Waals surface area contributed by atoms with Gasteiger partial charge in [0, 0.05) is 17.9 Å². The lowest BCUT2D eigenvalue weighted by atomic mass is 9.95. The molecular formula is C12H10N2O3. The number of para-hydroxylation sites is 1. The zero-order valence-corrected chi connectivity index (χ0v) is 9.03. The van der Waals surface area contributed by atoms with Gasteiger partial charge in [-0.2, -0.15) is 0 Å². The third-order valence-corrected chi connectivity index (χ3v) is 3.23. The van der Waals surface area contributed by atoms with Crippen LogP contribution in [-0.4, -0.2) is 15.7 Å². The van der Waals surface area contributed by atoms with E-state index in [1.54, 1.807) is 6.07 Å². The largest absolute Gasteiger partial charge is 0.346 e. The predicted octanol–water partition coefficient (Wildman–Crippen LogP) is 2.60. The first-order chi connectivity index (χ1) is 8.18. The molecule has 0 spiro atoms. The van der Waals surface area contributed by atoms with Gasteiger partial charge in [-0.1, -0.05) is 12.1 Å². The van der Waals surface area contributed by atoms with Gasteiger partial charge in [0.1, 0.15) is 5.52 Å². The Bertz CT molecular complexity index is 642. The number of benzene rings is 1. The lowest BCUT2D eigenvalue weighted by Crippen LogP contribution is -2.09. The Morgan fingerprint density at radius 3 is 2.88 bits per heavy atom. The molecule has 0 saturated carbocycles. The Labute approximate surface area is 96.6 Å². The van der Waals surface area contributed by atoms with Crippen molar-refractivity contribution in [3.05, 3.63) is 39.6 Å². The molecule has 0 aliphatic heterocycles. The van der Waals surface area contributed by atoms with Crippen LogP contribution in [0.2, 0.25) is 0 Å². The van der Waals surface area contributed by atoms with Crippen molar-refractivity contribution in [2.45, 2.75) is 19.3 Å². The number of nitrogens with zero attached hydrogens (tertiary/aromatic N) is 1.